The molecule has 0 aliphatic heterocycles. The second kappa shape index (κ2) is 15.3. The Bertz CT molecular complexity index is 1390. The van der Waals surface area contributed by atoms with Gasteiger partial charge in [-0.15, -0.1) is 0 Å². The van der Waals surface area contributed by atoms with Crippen molar-refractivity contribution in [2.24, 2.45) is 0 Å². The quantitative estimate of drug-likeness (QED) is 0.174. The molecule has 0 atom stereocenters. The van der Waals surface area contributed by atoms with Gasteiger partial charge < -0.3 is 0 Å². The summed E-state index contributed by atoms with van der Waals surface area (Å²) in [4.78, 5) is 19.9. The van der Waals surface area contributed by atoms with Gasteiger partial charge >= 0.3 is 0 Å². The van der Waals surface area contributed by atoms with E-state index in [0.29, 0.717) is 15.5 Å². The fraction of sp³-hybridized carbons (Fsp3) is 0. The van der Waals surface area contributed by atoms with Gasteiger partial charge in [-0.05, 0) is 95.9 Å². The van der Waals surface area contributed by atoms with Crippen molar-refractivity contribution in [1.29, 1.82) is 0 Å². The van der Waals surface area contributed by atoms with E-state index >= 15 is 0 Å². The molecule has 40 heavy (non-hydrogen) atoms. The minimum Gasteiger partial charge on any atom is -0.196 e. The lowest BCUT2D eigenvalue weighted by molar-refractivity contribution is 0.717. The highest BCUT2D eigenvalue weighted by Gasteiger charge is 2.11. The van der Waals surface area contributed by atoms with Gasteiger partial charge in [0.2, 0.25) is 0 Å². The lowest BCUT2D eigenvalue weighted by Crippen LogP contribution is -1.96. The van der Waals surface area contributed by atoms with Crippen LogP contribution in [0.4, 0.5) is 0 Å². The van der Waals surface area contributed by atoms with Crippen molar-refractivity contribution in [1.82, 2.24) is 15.0 Å². The van der Waals surface area contributed by atoms with Crippen molar-refractivity contribution in [2.75, 3.05) is 0 Å². The average molecular weight is 592 g/mol. The second-order valence-electron chi connectivity index (χ2n) is 8.16. The zero-order valence-corrected chi connectivity index (χ0v) is 24.7. The molecule has 0 fully saturated rings. The normalized spacial score (nSPS) is 10.4. The van der Waals surface area contributed by atoms with Crippen LogP contribution >= 0.6 is 47.0 Å². The van der Waals surface area contributed by atoms with Gasteiger partial charge in [0, 0.05) is 24.5 Å². The predicted molar refractivity (Wildman–Crippen MR) is 169 cm³/mol. The maximum atomic E-state index is 4.66. The van der Waals surface area contributed by atoms with E-state index in [-0.39, 0.29) is 0 Å². The van der Waals surface area contributed by atoms with Crippen LogP contribution in [0.3, 0.4) is 0 Å². The average Bonchev–Trinajstić information content (AvgIpc) is 3.00. The summed E-state index contributed by atoms with van der Waals surface area (Å²) in [5.41, 5.74) is 0. The smallest absolute Gasteiger partial charge is 0.196 e. The Labute approximate surface area is 252 Å². The highest BCUT2D eigenvalue weighted by atomic mass is 32.2. The SMILES string of the molecule is c1ccc(Sc2ccccc2)cc1.c1ccc(Sc2nc(Sc3ccccc3)nc(Sc3ccccc3)n2)cc1. The summed E-state index contributed by atoms with van der Waals surface area (Å²) in [6.45, 7) is 0. The molecule has 0 spiro atoms. The molecule has 0 aliphatic carbocycles. The van der Waals surface area contributed by atoms with Crippen LogP contribution in [0.2, 0.25) is 0 Å². The van der Waals surface area contributed by atoms with E-state index in [9.17, 15) is 0 Å². The van der Waals surface area contributed by atoms with Crippen LogP contribution < -0.4 is 0 Å². The van der Waals surface area contributed by atoms with E-state index in [0.717, 1.165) is 14.7 Å². The van der Waals surface area contributed by atoms with E-state index in [1.54, 1.807) is 47.0 Å². The molecular weight excluding hydrogens is 567 g/mol. The van der Waals surface area contributed by atoms with Crippen molar-refractivity contribution in [3.63, 3.8) is 0 Å². The minimum absolute atomic E-state index is 0.702. The zero-order chi connectivity index (χ0) is 27.2. The number of benzene rings is 5. The number of aromatic nitrogens is 3. The molecule has 6 aromatic rings. The first-order valence-corrected chi connectivity index (χ1v) is 15.8. The molecule has 0 bridgehead atoms. The molecular formula is C33H25N3S4. The predicted octanol–water partition coefficient (Wildman–Crippen LogP) is 10.2. The molecule has 3 nitrogen and oxygen atoms in total. The summed E-state index contributed by atoms with van der Waals surface area (Å²) >= 11 is 6.43. The van der Waals surface area contributed by atoms with Crippen molar-refractivity contribution in [3.8, 4) is 0 Å². The largest absolute Gasteiger partial charge is 0.197 e. The lowest BCUT2D eigenvalue weighted by Gasteiger charge is -2.07. The Balaban J connectivity index is 0.000000207. The van der Waals surface area contributed by atoms with E-state index in [1.807, 2.05) is 66.7 Å². The van der Waals surface area contributed by atoms with E-state index in [4.69, 9.17) is 0 Å². The topological polar surface area (TPSA) is 38.7 Å². The summed E-state index contributed by atoms with van der Waals surface area (Å²) < 4.78 is 0. The van der Waals surface area contributed by atoms with Crippen molar-refractivity contribution >= 4 is 47.0 Å². The monoisotopic (exact) mass is 591 g/mol. The molecule has 1 aromatic heterocycles. The number of rotatable bonds is 8. The molecule has 0 amide bonds. The molecule has 0 aliphatic rings. The summed E-state index contributed by atoms with van der Waals surface area (Å²) in [5, 5.41) is 2.11. The lowest BCUT2D eigenvalue weighted by atomic mass is 10.4. The van der Waals surface area contributed by atoms with Crippen molar-refractivity contribution in [2.45, 2.75) is 39.9 Å². The zero-order valence-electron chi connectivity index (χ0n) is 21.4. The first-order valence-electron chi connectivity index (χ1n) is 12.5. The van der Waals surface area contributed by atoms with Gasteiger partial charge in [-0.2, -0.15) is 15.0 Å². The molecule has 196 valence electrons. The van der Waals surface area contributed by atoms with Crippen LogP contribution in [0, 0.1) is 0 Å². The third kappa shape index (κ3) is 9.31. The molecule has 0 N–H and O–H groups in total. The van der Waals surface area contributed by atoms with Gasteiger partial charge in [-0.25, -0.2) is 0 Å². The van der Waals surface area contributed by atoms with Crippen molar-refractivity contribution < 1.29 is 0 Å². The van der Waals surface area contributed by atoms with E-state index in [2.05, 4.69) is 99.9 Å². The van der Waals surface area contributed by atoms with Gasteiger partial charge in [0.05, 0.1) is 0 Å². The molecule has 0 unspecified atom stereocenters. The number of hydrogen-bond donors (Lipinski definition) is 0. The van der Waals surface area contributed by atoms with Gasteiger partial charge in [0.1, 0.15) is 0 Å². The third-order valence-electron chi connectivity index (χ3n) is 5.15. The maximum Gasteiger partial charge on any atom is 0.197 e. The minimum atomic E-state index is 0.702. The molecule has 0 radical (unpaired) electrons. The van der Waals surface area contributed by atoms with Crippen molar-refractivity contribution in [3.05, 3.63) is 152 Å². The van der Waals surface area contributed by atoms with Gasteiger partial charge in [-0.1, -0.05) is 103 Å². The molecule has 6 rings (SSSR count). The Kier molecular flexibility index (Phi) is 10.8. The van der Waals surface area contributed by atoms with Crippen LogP contribution in [0.5, 0.6) is 0 Å². The third-order valence-corrected chi connectivity index (χ3v) is 8.79. The summed E-state index contributed by atoms with van der Waals surface area (Å²) in [6.07, 6.45) is 0. The van der Waals surface area contributed by atoms with Gasteiger partial charge in [0.25, 0.3) is 0 Å². The van der Waals surface area contributed by atoms with Crippen LogP contribution in [-0.2, 0) is 0 Å². The number of nitrogens with zero attached hydrogens (tertiary/aromatic N) is 3. The summed E-state index contributed by atoms with van der Waals surface area (Å²) in [5.74, 6) is 0. The van der Waals surface area contributed by atoms with Crippen LogP contribution in [0.1, 0.15) is 0 Å². The summed E-state index contributed by atoms with van der Waals surface area (Å²) in [7, 11) is 0. The maximum absolute atomic E-state index is 4.66. The van der Waals surface area contributed by atoms with Crippen LogP contribution in [-0.4, -0.2) is 15.0 Å². The van der Waals surface area contributed by atoms with E-state index < -0.39 is 0 Å². The highest BCUT2D eigenvalue weighted by Crippen LogP contribution is 2.32. The number of hydrogen-bond acceptors (Lipinski definition) is 7. The molecule has 5 aromatic carbocycles. The fourth-order valence-corrected chi connectivity index (χ4v) is 6.69. The Morgan fingerprint density at radius 1 is 0.250 bits per heavy atom. The van der Waals surface area contributed by atoms with E-state index in [1.165, 1.54) is 9.79 Å². The Morgan fingerprint density at radius 2 is 0.450 bits per heavy atom. The summed E-state index contributed by atoms with van der Waals surface area (Å²) in [6, 6.07) is 51.3. The molecule has 1 heterocycles. The first-order chi connectivity index (χ1) is 19.8. The molecule has 0 saturated heterocycles. The van der Waals surface area contributed by atoms with Gasteiger partial charge in [-0.3, -0.25) is 0 Å². The van der Waals surface area contributed by atoms with Crippen LogP contribution in [0.15, 0.2) is 192 Å². The molecule has 0 saturated carbocycles. The first kappa shape index (κ1) is 28.1. The fourth-order valence-electron chi connectivity index (χ4n) is 3.35. The second-order valence-corrected chi connectivity index (χ2v) is 12.4. The standard InChI is InChI=1S/C21H15N3S3.C12H10S/c1-4-10-16(11-5-1)25-19-22-20(26-17-12-6-2-7-13-17)24-21(23-19)27-18-14-8-3-9-15-18;1-3-7-11(8-4-1)13-12-9-5-2-6-10-12/h1-15H;1-10H. The van der Waals surface area contributed by atoms with Crippen LogP contribution in [0.25, 0.3) is 0 Å². The Hall–Kier alpha value is -3.49. The highest BCUT2D eigenvalue weighted by molar-refractivity contribution is 8.00. The Morgan fingerprint density at radius 3 is 0.675 bits per heavy atom. The molecule has 7 heteroatoms. The van der Waals surface area contributed by atoms with Gasteiger partial charge in [0.15, 0.2) is 15.5 Å².